The molecule has 0 heterocycles. The van der Waals surface area contributed by atoms with Crippen molar-refractivity contribution in [1.82, 2.24) is 0 Å². The minimum atomic E-state index is -0.415. The first-order valence-electron chi connectivity index (χ1n) is 6.28. The van der Waals surface area contributed by atoms with Gasteiger partial charge in [-0.15, -0.1) is 0 Å². The minimum Gasteiger partial charge on any atom is -0.423 e. The van der Waals surface area contributed by atoms with E-state index in [-0.39, 0.29) is 0 Å². The van der Waals surface area contributed by atoms with Gasteiger partial charge in [0.1, 0.15) is 5.75 Å². The number of ether oxygens (including phenoxy) is 1. The van der Waals surface area contributed by atoms with Gasteiger partial charge >= 0.3 is 5.97 Å². The van der Waals surface area contributed by atoms with Gasteiger partial charge in [-0.25, -0.2) is 4.79 Å². The predicted molar refractivity (Wildman–Crippen MR) is 82.0 cm³/mol. The molecule has 102 valence electrons. The third-order valence-electron chi connectivity index (χ3n) is 2.92. The van der Waals surface area contributed by atoms with Crippen LogP contribution in [0.25, 0.3) is 6.08 Å². The van der Waals surface area contributed by atoms with E-state index >= 15 is 0 Å². The third-order valence-corrected chi connectivity index (χ3v) is 3.26. The van der Waals surface area contributed by atoms with E-state index in [4.69, 9.17) is 16.3 Å². The van der Waals surface area contributed by atoms with Gasteiger partial charge in [-0.1, -0.05) is 48.0 Å². The summed E-state index contributed by atoms with van der Waals surface area (Å²) in [5.74, 6) is 0.198. The highest BCUT2D eigenvalue weighted by atomic mass is 35.5. The molecule has 0 saturated carbocycles. The molecule has 0 radical (unpaired) electrons. The quantitative estimate of drug-likeness (QED) is 0.469. The first kappa shape index (κ1) is 14.4. The number of carbonyl (C=O) groups excluding carboxylic acids is 1. The minimum absolute atomic E-state index is 0.415. The summed E-state index contributed by atoms with van der Waals surface area (Å²) >= 11 is 6.01. The van der Waals surface area contributed by atoms with Gasteiger partial charge in [0.25, 0.3) is 0 Å². The summed E-state index contributed by atoms with van der Waals surface area (Å²) in [6.07, 6.45) is 3.03. The van der Waals surface area contributed by atoms with E-state index in [9.17, 15) is 4.79 Å². The Labute approximate surface area is 123 Å². The zero-order chi connectivity index (χ0) is 14.5. The number of esters is 1. The normalized spacial score (nSPS) is 10.8. The number of hydrogen-bond donors (Lipinski definition) is 0. The summed E-state index contributed by atoms with van der Waals surface area (Å²) in [5.41, 5.74) is 2.65. The van der Waals surface area contributed by atoms with E-state index in [0.717, 1.165) is 16.7 Å². The molecule has 20 heavy (non-hydrogen) atoms. The molecule has 0 unspecified atom stereocenters. The van der Waals surface area contributed by atoms with Crippen molar-refractivity contribution in [2.45, 2.75) is 13.8 Å². The van der Waals surface area contributed by atoms with Crippen molar-refractivity contribution in [3.8, 4) is 5.75 Å². The number of halogens is 1. The lowest BCUT2D eigenvalue weighted by Crippen LogP contribution is -2.06. The third kappa shape index (κ3) is 3.49. The Bertz CT molecular complexity index is 640. The average molecular weight is 287 g/mol. The van der Waals surface area contributed by atoms with Crippen molar-refractivity contribution in [2.75, 3.05) is 0 Å². The molecule has 0 amide bonds. The van der Waals surface area contributed by atoms with Crippen LogP contribution in [0, 0.1) is 13.8 Å². The van der Waals surface area contributed by atoms with Crippen LogP contribution in [0.3, 0.4) is 0 Å². The Kier molecular flexibility index (Phi) is 4.59. The zero-order valence-corrected chi connectivity index (χ0v) is 12.1. The molecule has 0 saturated heterocycles. The molecule has 0 atom stereocenters. The molecule has 0 aliphatic heterocycles. The number of benzene rings is 2. The van der Waals surface area contributed by atoms with Crippen LogP contribution in [0.2, 0.25) is 5.02 Å². The summed E-state index contributed by atoms with van der Waals surface area (Å²) < 4.78 is 5.37. The highest BCUT2D eigenvalue weighted by molar-refractivity contribution is 6.32. The Morgan fingerprint density at radius 3 is 2.35 bits per heavy atom. The molecule has 0 fully saturated rings. The average Bonchev–Trinajstić information content (AvgIpc) is 2.42. The zero-order valence-electron chi connectivity index (χ0n) is 11.4. The van der Waals surface area contributed by atoms with Crippen molar-refractivity contribution in [1.29, 1.82) is 0 Å². The Morgan fingerprint density at radius 2 is 1.70 bits per heavy atom. The largest absolute Gasteiger partial charge is 0.423 e. The van der Waals surface area contributed by atoms with Gasteiger partial charge in [0, 0.05) is 11.1 Å². The number of aryl methyl sites for hydroxylation is 2. The van der Waals surface area contributed by atoms with Gasteiger partial charge < -0.3 is 4.74 Å². The van der Waals surface area contributed by atoms with Crippen molar-refractivity contribution >= 4 is 23.6 Å². The van der Waals surface area contributed by atoms with Gasteiger partial charge in [0.2, 0.25) is 0 Å². The number of para-hydroxylation sites is 1. The Hall–Kier alpha value is -2.06. The van der Waals surface area contributed by atoms with Crippen LogP contribution < -0.4 is 4.74 Å². The number of hydrogen-bond acceptors (Lipinski definition) is 2. The summed E-state index contributed by atoms with van der Waals surface area (Å²) in [6, 6.07) is 13.1. The van der Waals surface area contributed by atoms with Crippen LogP contribution in [0.5, 0.6) is 5.75 Å². The van der Waals surface area contributed by atoms with Crippen molar-refractivity contribution in [2.24, 2.45) is 0 Å². The molecule has 0 aromatic heterocycles. The molecule has 2 nitrogen and oxygen atoms in total. The molecule has 0 aliphatic rings. The number of rotatable bonds is 3. The lowest BCUT2D eigenvalue weighted by molar-refractivity contribution is -0.129. The fourth-order valence-corrected chi connectivity index (χ4v) is 2.06. The maximum Gasteiger partial charge on any atom is 0.336 e. The molecule has 2 aromatic carbocycles. The lowest BCUT2D eigenvalue weighted by Gasteiger charge is -2.08. The molecule has 3 heteroatoms. The maximum absolute atomic E-state index is 11.8. The van der Waals surface area contributed by atoms with Crippen molar-refractivity contribution < 1.29 is 9.53 Å². The Morgan fingerprint density at radius 1 is 1.05 bits per heavy atom. The molecule has 0 bridgehead atoms. The smallest absolute Gasteiger partial charge is 0.336 e. The Balaban J connectivity index is 2.12. The highest BCUT2D eigenvalue weighted by Crippen LogP contribution is 2.23. The summed E-state index contributed by atoms with van der Waals surface area (Å²) in [5, 5.41) is 0.601. The fraction of sp³-hybridized carbons (Fsp3) is 0.118. The van der Waals surface area contributed by atoms with E-state index in [1.807, 2.05) is 50.2 Å². The molecule has 2 rings (SSSR count). The van der Waals surface area contributed by atoms with Crippen LogP contribution in [-0.2, 0) is 4.79 Å². The van der Waals surface area contributed by atoms with Gasteiger partial charge in [0.15, 0.2) is 0 Å². The van der Waals surface area contributed by atoms with E-state index in [0.29, 0.717) is 10.8 Å². The summed E-state index contributed by atoms with van der Waals surface area (Å²) in [6.45, 7) is 3.82. The van der Waals surface area contributed by atoms with Crippen LogP contribution in [0.4, 0.5) is 0 Å². The van der Waals surface area contributed by atoms with E-state index in [2.05, 4.69) is 0 Å². The molecule has 2 aromatic rings. The van der Waals surface area contributed by atoms with Crippen LogP contribution in [0.1, 0.15) is 16.7 Å². The van der Waals surface area contributed by atoms with Gasteiger partial charge in [-0.05, 0) is 42.7 Å². The van der Waals surface area contributed by atoms with Crippen LogP contribution in [-0.4, -0.2) is 5.97 Å². The van der Waals surface area contributed by atoms with E-state index in [1.165, 1.54) is 6.08 Å². The second-order valence-electron chi connectivity index (χ2n) is 4.50. The summed E-state index contributed by atoms with van der Waals surface area (Å²) in [4.78, 5) is 11.8. The van der Waals surface area contributed by atoms with E-state index < -0.39 is 5.97 Å². The second kappa shape index (κ2) is 6.40. The van der Waals surface area contributed by atoms with Crippen molar-refractivity contribution in [3.63, 3.8) is 0 Å². The standard InChI is InChI=1S/C17H15ClO2/c1-12-6-5-7-13(2)17(12)20-16(19)11-10-14-8-3-4-9-15(14)18/h3-11H,1-2H3. The first-order valence-corrected chi connectivity index (χ1v) is 6.66. The topological polar surface area (TPSA) is 26.3 Å². The molecule has 0 aliphatic carbocycles. The highest BCUT2D eigenvalue weighted by Gasteiger charge is 2.07. The first-order chi connectivity index (χ1) is 9.58. The summed E-state index contributed by atoms with van der Waals surface area (Å²) in [7, 11) is 0. The van der Waals surface area contributed by atoms with Crippen LogP contribution in [0.15, 0.2) is 48.5 Å². The molecule has 0 N–H and O–H groups in total. The van der Waals surface area contributed by atoms with E-state index in [1.54, 1.807) is 12.1 Å². The molecular formula is C17H15ClO2. The molecule has 0 spiro atoms. The van der Waals surface area contributed by atoms with Gasteiger partial charge in [0.05, 0.1) is 0 Å². The predicted octanol–water partition coefficient (Wildman–Crippen LogP) is 4.58. The van der Waals surface area contributed by atoms with Gasteiger partial charge in [-0.2, -0.15) is 0 Å². The maximum atomic E-state index is 11.8. The van der Waals surface area contributed by atoms with Crippen molar-refractivity contribution in [3.05, 3.63) is 70.3 Å². The van der Waals surface area contributed by atoms with Crippen LogP contribution >= 0.6 is 11.6 Å². The van der Waals surface area contributed by atoms with Gasteiger partial charge in [-0.3, -0.25) is 0 Å². The number of carbonyl (C=O) groups is 1. The molecular weight excluding hydrogens is 272 g/mol. The lowest BCUT2D eigenvalue weighted by atomic mass is 10.1. The SMILES string of the molecule is Cc1cccc(C)c1OC(=O)C=Cc1ccccc1Cl. The second-order valence-corrected chi connectivity index (χ2v) is 4.90. The fourth-order valence-electron chi connectivity index (χ4n) is 1.86. The monoisotopic (exact) mass is 286 g/mol.